The highest BCUT2D eigenvalue weighted by Crippen LogP contribution is 2.77. The van der Waals surface area contributed by atoms with E-state index >= 15 is 0 Å². The molecule has 5 saturated carbocycles. The Bertz CT molecular complexity index is 940. The second kappa shape index (κ2) is 7.92. The molecule has 196 valence electrons. The molecule has 35 heavy (non-hydrogen) atoms. The summed E-state index contributed by atoms with van der Waals surface area (Å²) in [5.74, 6) is 2.30. The van der Waals surface area contributed by atoms with Gasteiger partial charge in [0.1, 0.15) is 5.78 Å². The van der Waals surface area contributed by atoms with Gasteiger partial charge in [-0.05, 0) is 111 Å². The van der Waals surface area contributed by atoms with Gasteiger partial charge in [0.15, 0.2) is 0 Å². The smallest absolute Gasteiger partial charge is 0.312 e. The third kappa shape index (κ3) is 2.95. The number of esters is 1. The minimum Gasteiger partial charge on any atom is -0.469 e. The van der Waals surface area contributed by atoms with E-state index in [2.05, 4.69) is 34.3 Å². The Hall–Kier alpha value is -1.16. The molecular formula is C31H48O4. The standard InChI is InChI=1S/C31H48O4/c1-19(2)20-10-15-31(26(34)35-7)17-16-29(5)21(25(20)31)8-9-23-27(3)13-12-24(33)28(4,18-32)22(27)11-14-30(23,29)6/h20-23,25,32H,1,8-18H2,2-7H3/t20-,21?,22+,23?,25?,27-,28-,29+,30+,31-/m0/s1. The molecule has 4 heteroatoms. The summed E-state index contributed by atoms with van der Waals surface area (Å²) in [6, 6.07) is 0. The Kier molecular flexibility index (Phi) is 5.77. The number of hydrogen-bond acceptors (Lipinski definition) is 4. The van der Waals surface area contributed by atoms with Crippen molar-refractivity contribution < 1.29 is 19.4 Å². The van der Waals surface area contributed by atoms with Gasteiger partial charge >= 0.3 is 5.97 Å². The van der Waals surface area contributed by atoms with Crippen LogP contribution in [0.1, 0.15) is 98.8 Å². The van der Waals surface area contributed by atoms with Gasteiger partial charge in [0.25, 0.3) is 0 Å². The number of aliphatic hydroxyl groups is 1. The Morgan fingerprint density at radius 3 is 2.31 bits per heavy atom. The maximum atomic E-state index is 13.3. The van der Waals surface area contributed by atoms with Crippen LogP contribution in [0.4, 0.5) is 0 Å². The lowest BCUT2D eigenvalue weighted by molar-refractivity contribution is -0.238. The highest BCUT2D eigenvalue weighted by molar-refractivity contribution is 5.86. The fraction of sp³-hybridized carbons (Fsp3) is 0.871. The predicted molar refractivity (Wildman–Crippen MR) is 137 cm³/mol. The number of ether oxygens (including phenoxy) is 1. The van der Waals surface area contributed by atoms with E-state index in [9.17, 15) is 14.7 Å². The quantitative estimate of drug-likeness (QED) is 0.374. The van der Waals surface area contributed by atoms with Crippen molar-refractivity contribution in [2.24, 2.45) is 56.7 Å². The molecule has 0 saturated heterocycles. The maximum Gasteiger partial charge on any atom is 0.312 e. The second-order valence-corrected chi connectivity index (χ2v) is 14.3. The molecule has 0 bridgehead atoms. The Labute approximate surface area is 212 Å². The first-order chi connectivity index (χ1) is 16.4. The first-order valence-electron chi connectivity index (χ1n) is 14.2. The van der Waals surface area contributed by atoms with Crippen LogP contribution < -0.4 is 0 Å². The summed E-state index contributed by atoms with van der Waals surface area (Å²) in [6.07, 6.45) is 10.00. The minimum atomic E-state index is -0.602. The van der Waals surface area contributed by atoms with E-state index in [0.29, 0.717) is 30.1 Å². The Morgan fingerprint density at radius 2 is 1.69 bits per heavy atom. The van der Waals surface area contributed by atoms with Crippen LogP contribution in [0.2, 0.25) is 0 Å². The molecule has 5 aliphatic carbocycles. The monoisotopic (exact) mass is 484 g/mol. The van der Waals surface area contributed by atoms with E-state index in [0.717, 1.165) is 57.8 Å². The van der Waals surface area contributed by atoms with Crippen molar-refractivity contribution in [2.45, 2.75) is 98.8 Å². The topological polar surface area (TPSA) is 63.6 Å². The van der Waals surface area contributed by atoms with Crippen molar-refractivity contribution >= 4 is 11.8 Å². The number of fused-ring (bicyclic) bond motifs is 7. The zero-order chi connectivity index (χ0) is 25.6. The maximum absolute atomic E-state index is 13.3. The van der Waals surface area contributed by atoms with Crippen LogP contribution >= 0.6 is 0 Å². The van der Waals surface area contributed by atoms with Crippen molar-refractivity contribution in [3.63, 3.8) is 0 Å². The Balaban J connectivity index is 1.57. The van der Waals surface area contributed by atoms with Crippen molar-refractivity contribution in [2.75, 3.05) is 13.7 Å². The largest absolute Gasteiger partial charge is 0.469 e. The average molecular weight is 485 g/mol. The molecule has 0 aliphatic heterocycles. The first-order valence-corrected chi connectivity index (χ1v) is 14.2. The lowest BCUT2D eigenvalue weighted by atomic mass is 9.32. The molecule has 0 spiro atoms. The lowest BCUT2D eigenvalue weighted by Crippen LogP contribution is -2.67. The fourth-order valence-electron chi connectivity index (χ4n) is 11.5. The molecule has 10 atom stereocenters. The molecule has 3 unspecified atom stereocenters. The molecule has 1 N–H and O–H groups in total. The molecule has 0 aromatic carbocycles. The predicted octanol–water partition coefficient (Wildman–Crippen LogP) is 6.36. The number of carbonyl (C=O) groups excluding carboxylic acids is 2. The zero-order valence-corrected chi connectivity index (χ0v) is 23.0. The third-order valence-corrected chi connectivity index (χ3v) is 13.6. The molecule has 5 aliphatic rings. The number of rotatable bonds is 3. The molecular weight excluding hydrogens is 436 g/mol. The van der Waals surface area contributed by atoms with Gasteiger partial charge in [0.2, 0.25) is 0 Å². The normalized spacial score (nSPS) is 53.1. The molecule has 5 rings (SSSR count). The van der Waals surface area contributed by atoms with Crippen LogP contribution in [-0.4, -0.2) is 30.6 Å². The van der Waals surface area contributed by atoms with Crippen LogP contribution in [0, 0.1) is 56.7 Å². The van der Waals surface area contributed by atoms with Gasteiger partial charge in [-0.15, -0.1) is 0 Å². The van der Waals surface area contributed by atoms with Crippen LogP contribution in [0.25, 0.3) is 0 Å². The molecule has 4 nitrogen and oxygen atoms in total. The number of Topliss-reactive ketones (excluding diaryl/α,β-unsaturated/α-hetero) is 1. The summed E-state index contributed by atoms with van der Waals surface area (Å²) in [4.78, 5) is 26.4. The van der Waals surface area contributed by atoms with Crippen LogP contribution in [0.3, 0.4) is 0 Å². The Morgan fingerprint density at radius 1 is 0.971 bits per heavy atom. The van der Waals surface area contributed by atoms with Crippen LogP contribution in [0.5, 0.6) is 0 Å². The number of carbonyl (C=O) groups is 2. The number of ketones is 1. The fourth-order valence-corrected chi connectivity index (χ4v) is 11.5. The molecule has 0 amide bonds. The summed E-state index contributed by atoms with van der Waals surface area (Å²) < 4.78 is 5.47. The summed E-state index contributed by atoms with van der Waals surface area (Å²) in [7, 11) is 1.57. The van der Waals surface area contributed by atoms with Gasteiger partial charge in [-0.25, -0.2) is 0 Å². The zero-order valence-electron chi connectivity index (χ0n) is 23.0. The highest BCUT2D eigenvalue weighted by Gasteiger charge is 2.72. The molecule has 0 heterocycles. The van der Waals surface area contributed by atoms with E-state index in [1.54, 1.807) is 7.11 Å². The summed E-state index contributed by atoms with van der Waals surface area (Å²) >= 11 is 0. The third-order valence-electron chi connectivity index (χ3n) is 13.6. The second-order valence-electron chi connectivity index (χ2n) is 14.3. The molecule has 5 fully saturated rings. The van der Waals surface area contributed by atoms with Gasteiger partial charge in [-0.1, -0.05) is 39.8 Å². The SMILES string of the molecule is C=C(C)[C@@H]1CC[C@]2(C(=O)OC)CC[C@]3(C)C(CCC4[C@@]5(C)CCC(=O)[C@@](C)(CO)[C@@H]5CC[C@]43C)C12. The number of methoxy groups -OCH3 is 1. The molecule has 0 aromatic rings. The summed E-state index contributed by atoms with van der Waals surface area (Å²) in [5, 5.41) is 10.4. The summed E-state index contributed by atoms with van der Waals surface area (Å²) in [6.45, 7) is 16.1. The minimum absolute atomic E-state index is 0.0146. The lowest BCUT2D eigenvalue weighted by Gasteiger charge is -2.72. The van der Waals surface area contributed by atoms with Crippen molar-refractivity contribution in [1.29, 1.82) is 0 Å². The van der Waals surface area contributed by atoms with Crippen molar-refractivity contribution in [3.05, 3.63) is 12.2 Å². The highest BCUT2D eigenvalue weighted by atomic mass is 16.5. The van der Waals surface area contributed by atoms with Crippen LogP contribution in [-0.2, 0) is 14.3 Å². The number of hydrogen-bond donors (Lipinski definition) is 1. The number of allylic oxidation sites excluding steroid dienone is 1. The summed E-state index contributed by atoms with van der Waals surface area (Å²) in [5.41, 5.74) is 0.683. The van der Waals surface area contributed by atoms with Crippen LogP contribution in [0.15, 0.2) is 12.2 Å². The van der Waals surface area contributed by atoms with Gasteiger partial charge in [-0.2, -0.15) is 0 Å². The van der Waals surface area contributed by atoms with E-state index < -0.39 is 5.41 Å². The average Bonchev–Trinajstić information content (AvgIpc) is 3.23. The van der Waals surface area contributed by atoms with Gasteiger partial charge < -0.3 is 9.84 Å². The van der Waals surface area contributed by atoms with Crippen molar-refractivity contribution in [3.8, 4) is 0 Å². The van der Waals surface area contributed by atoms with E-state index in [4.69, 9.17) is 4.74 Å². The van der Waals surface area contributed by atoms with E-state index in [-0.39, 0.29) is 45.9 Å². The first kappa shape index (κ1) is 25.5. The van der Waals surface area contributed by atoms with Gasteiger partial charge in [-0.3, -0.25) is 9.59 Å². The van der Waals surface area contributed by atoms with E-state index in [1.165, 1.54) is 5.57 Å². The number of aliphatic hydroxyl groups excluding tert-OH is 1. The van der Waals surface area contributed by atoms with Gasteiger partial charge in [0.05, 0.1) is 24.5 Å². The molecule has 0 aromatic heterocycles. The van der Waals surface area contributed by atoms with Gasteiger partial charge in [0, 0.05) is 6.42 Å². The molecule has 0 radical (unpaired) electrons. The van der Waals surface area contributed by atoms with E-state index in [1.807, 2.05) is 6.92 Å². The van der Waals surface area contributed by atoms with Crippen molar-refractivity contribution in [1.82, 2.24) is 0 Å².